The molecule has 180 valence electrons. The van der Waals surface area contributed by atoms with Gasteiger partial charge < -0.3 is 14.9 Å². The number of hydrogen-bond donors (Lipinski definition) is 2. The molecule has 3 aromatic rings. The van der Waals surface area contributed by atoms with Crippen LogP contribution in [0.5, 0.6) is 11.5 Å². The average molecular weight is 483 g/mol. The fourth-order valence-corrected chi connectivity index (χ4v) is 3.94. The van der Waals surface area contributed by atoms with Crippen molar-refractivity contribution < 1.29 is 37.7 Å². The van der Waals surface area contributed by atoms with Gasteiger partial charge in [0.05, 0.1) is 23.8 Å². The van der Waals surface area contributed by atoms with Gasteiger partial charge in [0.1, 0.15) is 17.3 Å². The number of ketones is 1. The lowest BCUT2D eigenvalue weighted by molar-refractivity contribution is -0.137. The SMILES string of the molecule is CCOc1cccc(/C(O)=C2\C(=O)C(=O)N(c3ccc(C(F)(F)F)cc3)C2c2ccc(O)cc2)c1. The molecule has 0 spiro atoms. The molecule has 1 heterocycles. The number of carbonyl (C=O) groups excluding carboxylic acids is 2. The molecule has 3 aromatic carbocycles. The summed E-state index contributed by atoms with van der Waals surface area (Å²) in [5.74, 6) is -2.09. The zero-order valence-corrected chi connectivity index (χ0v) is 18.4. The number of carbonyl (C=O) groups is 2. The number of amides is 1. The maximum absolute atomic E-state index is 13.1. The van der Waals surface area contributed by atoms with Gasteiger partial charge in [-0.05, 0) is 61.0 Å². The number of Topliss-reactive ketones (excluding diaryl/α,β-unsaturated/α-hetero) is 1. The van der Waals surface area contributed by atoms with E-state index in [9.17, 15) is 33.0 Å². The molecule has 4 rings (SSSR count). The normalized spacial score (nSPS) is 17.6. The Morgan fingerprint density at radius 3 is 2.26 bits per heavy atom. The van der Waals surface area contributed by atoms with Gasteiger partial charge in [-0.15, -0.1) is 0 Å². The third-order valence-corrected chi connectivity index (χ3v) is 5.54. The van der Waals surface area contributed by atoms with Crippen molar-refractivity contribution in [1.82, 2.24) is 0 Å². The van der Waals surface area contributed by atoms with Gasteiger partial charge in [-0.25, -0.2) is 0 Å². The van der Waals surface area contributed by atoms with Crippen molar-refractivity contribution >= 4 is 23.1 Å². The Kier molecular flexibility index (Phi) is 6.26. The Balaban J connectivity index is 1.89. The molecule has 35 heavy (non-hydrogen) atoms. The number of aromatic hydroxyl groups is 1. The average Bonchev–Trinajstić information content (AvgIpc) is 3.09. The summed E-state index contributed by atoms with van der Waals surface area (Å²) in [5.41, 5.74) is -0.518. The van der Waals surface area contributed by atoms with Crippen LogP contribution in [0, 0.1) is 0 Å². The van der Waals surface area contributed by atoms with Crippen molar-refractivity contribution in [3.8, 4) is 11.5 Å². The highest BCUT2D eigenvalue weighted by molar-refractivity contribution is 6.51. The van der Waals surface area contributed by atoms with E-state index in [1.165, 1.54) is 36.4 Å². The molecule has 1 aliphatic rings. The third-order valence-electron chi connectivity index (χ3n) is 5.54. The van der Waals surface area contributed by atoms with Gasteiger partial charge in [0.25, 0.3) is 11.7 Å². The Morgan fingerprint density at radius 1 is 1.00 bits per heavy atom. The first kappa shape index (κ1) is 23.9. The second-order valence-corrected chi connectivity index (χ2v) is 7.77. The minimum Gasteiger partial charge on any atom is -0.508 e. The molecular formula is C26H20F3NO5. The molecule has 2 N–H and O–H groups in total. The fraction of sp³-hybridized carbons (Fsp3) is 0.154. The number of benzene rings is 3. The molecule has 1 saturated heterocycles. The summed E-state index contributed by atoms with van der Waals surface area (Å²) in [7, 11) is 0. The van der Waals surface area contributed by atoms with Crippen molar-refractivity contribution in [2.75, 3.05) is 11.5 Å². The van der Waals surface area contributed by atoms with Crippen LogP contribution in [-0.4, -0.2) is 28.5 Å². The van der Waals surface area contributed by atoms with Gasteiger partial charge in [0.15, 0.2) is 0 Å². The molecule has 6 nitrogen and oxygen atoms in total. The number of nitrogens with zero attached hydrogens (tertiary/aromatic N) is 1. The first-order valence-electron chi connectivity index (χ1n) is 10.6. The molecule has 0 radical (unpaired) electrons. The number of halogens is 3. The number of alkyl halides is 3. The van der Waals surface area contributed by atoms with E-state index < -0.39 is 35.2 Å². The summed E-state index contributed by atoms with van der Waals surface area (Å²) >= 11 is 0. The van der Waals surface area contributed by atoms with Gasteiger partial charge in [0, 0.05) is 11.3 Å². The Hall–Kier alpha value is -4.27. The summed E-state index contributed by atoms with van der Waals surface area (Å²) < 4.78 is 44.6. The predicted molar refractivity (Wildman–Crippen MR) is 122 cm³/mol. The van der Waals surface area contributed by atoms with Crippen LogP contribution in [-0.2, 0) is 15.8 Å². The summed E-state index contributed by atoms with van der Waals surface area (Å²) in [5, 5.41) is 20.8. The molecule has 1 amide bonds. The lowest BCUT2D eigenvalue weighted by Gasteiger charge is -2.25. The maximum atomic E-state index is 13.1. The van der Waals surface area contributed by atoms with Crippen LogP contribution in [0.15, 0.2) is 78.4 Å². The van der Waals surface area contributed by atoms with Crippen LogP contribution < -0.4 is 9.64 Å². The number of anilines is 1. The van der Waals surface area contributed by atoms with E-state index in [0.29, 0.717) is 17.9 Å². The van der Waals surface area contributed by atoms with E-state index in [1.54, 1.807) is 19.1 Å². The zero-order chi connectivity index (χ0) is 25.3. The molecular weight excluding hydrogens is 463 g/mol. The van der Waals surface area contributed by atoms with Crippen molar-refractivity contribution in [2.24, 2.45) is 0 Å². The summed E-state index contributed by atoms with van der Waals surface area (Å²) in [6, 6.07) is 14.6. The molecule has 1 unspecified atom stereocenters. The second kappa shape index (κ2) is 9.17. The van der Waals surface area contributed by atoms with E-state index in [4.69, 9.17) is 4.74 Å². The van der Waals surface area contributed by atoms with Crippen LogP contribution in [0.2, 0.25) is 0 Å². The van der Waals surface area contributed by atoms with Crippen molar-refractivity contribution in [1.29, 1.82) is 0 Å². The predicted octanol–water partition coefficient (Wildman–Crippen LogP) is 5.44. The van der Waals surface area contributed by atoms with Gasteiger partial charge in [-0.3, -0.25) is 14.5 Å². The number of rotatable bonds is 5. The number of ether oxygens (including phenoxy) is 1. The number of aliphatic hydroxyl groups is 1. The van der Waals surface area contributed by atoms with Gasteiger partial charge in [0.2, 0.25) is 0 Å². The van der Waals surface area contributed by atoms with Crippen molar-refractivity contribution in [2.45, 2.75) is 19.1 Å². The van der Waals surface area contributed by atoms with E-state index in [1.807, 2.05) is 0 Å². The third kappa shape index (κ3) is 4.57. The summed E-state index contributed by atoms with van der Waals surface area (Å²) in [6.45, 7) is 2.16. The molecule has 0 saturated carbocycles. The van der Waals surface area contributed by atoms with Crippen LogP contribution in [0.25, 0.3) is 5.76 Å². The first-order valence-corrected chi connectivity index (χ1v) is 10.6. The van der Waals surface area contributed by atoms with Crippen molar-refractivity contribution in [3.63, 3.8) is 0 Å². The van der Waals surface area contributed by atoms with Gasteiger partial charge >= 0.3 is 6.18 Å². The molecule has 1 atom stereocenters. The quantitative estimate of drug-likeness (QED) is 0.287. The lowest BCUT2D eigenvalue weighted by atomic mass is 9.95. The van der Waals surface area contributed by atoms with Crippen molar-refractivity contribution in [3.05, 3.63) is 95.1 Å². The highest BCUT2D eigenvalue weighted by Crippen LogP contribution is 2.43. The highest BCUT2D eigenvalue weighted by atomic mass is 19.4. The molecule has 9 heteroatoms. The number of phenols is 1. The number of hydrogen-bond acceptors (Lipinski definition) is 5. The molecule has 1 fully saturated rings. The van der Waals surface area contributed by atoms with Gasteiger partial charge in [-0.2, -0.15) is 13.2 Å². The second-order valence-electron chi connectivity index (χ2n) is 7.77. The van der Waals surface area contributed by atoms with E-state index >= 15 is 0 Å². The molecule has 0 aliphatic carbocycles. The van der Waals surface area contributed by atoms with Crippen LogP contribution in [0.1, 0.15) is 29.7 Å². The topological polar surface area (TPSA) is 87.1 Å². The Labute approximate surface area is 198 Å². The van der Waals surface area contributed by atoms with Crippen LogP contribution in [0.4, 0.5) is 18.9 Å². The standard InChI is InChI=1S/C26H20F3NO5/c1-2-35-20-5-3-4-16(14-20)23(32)21-22(15-6-12-19(31)13-7-15)30(25(34)24(21)33)18-10-8-17(9-11-18)26(27,28)29/h3-14,22,31-32H,2H2,1H3/b23-21+. The minimum atomic E-state index is -4.57. The summed E-state index contributed by atoms with van der Waals surface area (Å²) in [6.07, 6.45) is -4.57. The van der Waals surface area contributed by atoms with E-state index in [2.05, 4.69) is 0 Å². The monoisotopic (exact) mass is 483 g/mol. The fourth-order valence-electron chi connectivity index (χ4n) is 3.94. The lowest BCUT2D eigenvalue weighted by Crippen LogP contribution is -2.29. The maximum Gasteiger partial charge on any atom is 0.416 e. The minimum absolute atomic E-state index is 0.0419. The van der Waals surface area contributed by atoms with E-state index in [0.717, 1.165) is 29.2 Å². The number of aliphatic hydroxyl groups excluding tert-OH is 1. The summed E-state index contributed by atoms with van der Waals surface area (Å²) in [4.78, 5) is 27.2. The van der Waals surface area contributed by atoms with Crippen LogP contribution >= 0.6 is 0 Å². The smallest absolute Gasteiger partial charge is 0.416 e. The zero-order valence-electron chi connectivity index (χ0n) is 18.4. The Bertz CT molecular complexity index is 1300. The highest BCUT2D eigenvalue weighted by Gasteiger charge is 2.47. The van der Waals surface area contributed by atoms with Gasteiger partial charge in [-0.1, -0.05) is 24.3 Å². The van der Waals surface area contributed by atoms with Crippen LogP contribution in [0.3, 0.4) is 0 Å². The Morgan fingerprint density at radius 2 is 1.66 bits per heavy atom. The number of phenolic OH excluding ortho intramolecular Hbond substituents is 1. The first-order chi connectivity index (χ1) is 16.6. The molecule has 1 aliphatic heterocycles. The molecule has 0 aromatic heterocycles. The largest absolute Gasteiger partial charge is 0.508 e. The van der Waals surface area contributed by atoms with E-state index in [-0.39, 0.29) is 22.6 Å². The molecule has 0 bridgehead atoms.